The van der Waals surface area contributed by atoms with E-state index in [9.17, 15) is 8.42 Å². The first-order valence-corrected chi connectivity index (χ1v) is 8.81. The maximum absolute atomic E-state index is 11.5. The second-order valence-corrected chi connectivity index (χ2v) is 7.04. The van der Waals surface area contributed by atoms with Gasteiger partial charge in [-0.25, -0.2) is 8.42 Å². The van der Waals surface area contributed by atoms with Crippen LogP contribution in [0.4, 0.5) is 0 Å². The molecule has 0 fully saturated rings. The fourth-order valence-corrected chi connectivity index (χ4v) is 2.67. The Hall–Kier alpha value is -0.590. The zero-order valence-corrected chi connectivity index (χ0v) is 13.2. The lowest BCUT2D eigenvalue weighted by Crippen LogP contribution is -2.12. The second kappa shape index (κ2) is 7.26. The van der Waals surface area contributed by atoms with Crippen LogP contribution < -0.4 is 0 Å². The van der Waals surface area contributed by atoms with Gasteiger partial charge in [0.25, 0.3) is 9.05 Å². The molecule has 0 N–H and O–H groups in total. The molecule has 7 heteroatoms. The Morgan fingerprint density at radius 1 is 1.47 bits per heavy atom. The Balaban J connectivity index is 2.98. The molecule has 0 spiro atoms. The third-order valence-electron chi connectivity index (χ3n) is 3.01. The van der Waals surface area contributed by atoms with Crippen LogP contribution in [0.15, 0.2) is 11.1 Å². The van der Waals surface area contributed by atoms with Crippen LogP contribution in [-0.4, -0.2) is 24.8 Å². The molecule has 1 aromatic heterocycles. The van der Waals surface area contributed by atoms with Gasteiger partial charge in [-0.2, -0.15) is 5.10 Å². The third kappa shape index (κ3) is 4.47. The van der Waals surface area contributed by atoms with Crippen LogP contribution in [0.3, 0.4) is 0 Å². The Bertz CT molecular complexity index is 499. The van der Waals surface area contributed by atoms with Crippen molar-refractivity contribution in [3.8, 4) is 0 Å². The van der Waals surface area contributed by atoms with Gasteiger partial charge in [0.2, 0.25) is 0 Å². The molecule has 0 aliphatic carbocycles. The molecule has 0 unspecified atom stereocenters. The monoisotopic (exact) mass is 308 g/mol. The number of rotatable bonds is 8. The molecular formula is C12H21ClN2O3S. The minimum absolute atomic E-state index is 0.0472. The van der Waals surface area contributed by atoms with E-state index >= 15 is 0 Å². The molecule has 1 atom stereocenters. The van der Waals surface area contributed by atoms with Crippen molar-refractivity contribution in [2.75, 3.05) is 6.61 Å². The van der Waals surface area contributed by atoms with Crippen molar-refractivity contribution in [2.45, 2.75) is 57.6 Å². The van der Waals surface area contributed by atoms with Crippen molar-refractivity contribution >= 4 is 19.7 Å². The van der Waals surface area contributed by atoms with Crippen LogP contribution >= 0.6 is 10.7 Å². The van der Waals surface area contributed by atoms with E-state index in [4.69, 9.17) is 15.4 Å². The minimum Gasteiger partial charge on any atom is -0.375 e. The van der Waals surface area contributed by atoms with Crippen LogP contribution in [0.1, 0.15) is 51.8 Å². The maximum Gasteiger partial charge on any atom is 0.264 e. The van der Waals surface area contributed by atoms with E-state index in [0.717, 1.165) is 19.3 Å². The summed E-state index contributed by atoms with van der Waals surface area (Å²) in [4.78, 5) is 0.0472. The van der Waals surface area contributed by atoms with E-state index < -0.39 is 9.05 Å². The van der Waals surface area contributed by atoms with E-state index in [1.165, 1.54) is 6.20 Å². The predicted molar refractivity (Wildman–Crippen MR) is 74.8 cm³/mol. The van der Waals surface area contributed by atoms with E-state index in [0.29, 0.717) is 12.3 Å². The summed E-state index contributed by atoms with van der Waals surface area (Å²) in [5.74, 6) is 0. The Labute approximate surface area is 119 Å². The number of hydrogen-bond acceptors (Lipinski definition) is 4. The number of halogens is 1. The Morgan fingerprint density at radius 3 is 2.68 bits per heavy atom. The highest BCUT2D eigenvalue weighted by Crippen LogP contribution is 2.24. The van der Waals surface area contributed by atoms with Gasteiger partial charge >= 0.3 is 0 Å². The summed E-state index contributed by atoms with van der Waals surface area (Å²) in [6.45, 7) is 6.88. The predicted octanol–water partition coefficient (Wildman–Crippen LogP) is 3.10. The molecule has 1 rings (SSSR count). The van der Waals surface area contributed by atoms with Crippen LogP contribution in [0.5, 0.6) is 0 Å². The minimum atomic E-state index is -3.79. The summed E-state index contributed by atoms with van der Waals surface area (Å²) in [6.07, 6.45) is 4.13. The molecule has 0 amide bonds. The summed E-state index contributed by atoms with van der Waals surface area (Å²) in [6, 6.07) is 0.108. The fourth-order valence-electron chi connectivity index (χ4n) is 1.68. The van der Waals surface area contributed by atoms with Crippen molar-refractivity contribution < 1.29 is 13.2 Å². The molecule has 0 aliphatic rings. The highest BCUT2D eigenvalue weighted by molar-refractivity contribution is 8.13. The van der Waals surface area contributed by atoms with Gasteiger partial charge in [-0.3, -0.25) is 4.68 Å². The zero-order chi connectivity index (χ0) is 14.5. The fraction of sp³-hybridized carbons (Fsp3) is 0.750. The number of unbranched alkanes of at least 4 members (excludes halogenated alkanes) is 1. The SMILES string of the molecule is CCCCOCc1c(S(=O)(=O)Cl)cnn1[C@@H](C)CC. The molecule has 110 valence electrons. The third-order valence-corrected chi connectivity index (χ3v) is 4.38. The molecule has 0 saturated carbocycles. The van der Waals surface area contributed by atoms with Crippen LogP contribution in [0.25, 0.3) is 0 Å². The number of aromatic nitrogens is 2. The van der Waals surface area contributed by atoms with Gasteiger partial charge in [0.1, 0.15) is 4.90 Å². The first-order valence-electron chi connectivity index (χ1n) is 6.50. The number of nitrogens with zero attached hydrogens (tertiary/aromatic N) is 2. The molecule has 0 aliphatic heterocycles. The molecule has 19 heavy (non-hydrogen) atoms. The van der Waals surface area contributed by atoms with Crippen LogP contribution in [-0.2, 0) is 20.4 Å². The topological polar surface area (TPSA) is 61.2 Å². The van der Waals surface area contributed by atoms with Gasteiger partial charge in [0.15, 0.2) is 0 Å². The summed E-state index contributed by atoms with van der Waals surface area (Å²) in [5, 5.41) is 4.13. The average Bonchev–Trinajstić information content (AvgIpc) is 2.77. The van der Waals surface area contributed by atoms with E-state index in [-0.39, 0.29) is 17.5 Å². The molecule has 0 radical (unpaired) electrons. The first-order chi connectivity index (χ1) is 8.91. The molecule has 5 nitrogen and oxygen atoms in total. The molecular weight excluding hydrogens is 288 g/mol. The van der Waals surface area contributed by atoms with Gasteiger partial charge in [-0.15, -0.1) is 0 Å². The van der Waals surface area contributed by atoms with E-state index in [1.54, 1.807) is 4.68 Å². The summed E-state index contributed by atoms with van der Waals surface area (Å²) in [7, 11) is 1.64. The highest BCUT2D eigenvalue weighted by Gasteiger charge is 2.22. The van der Waals surface area contributed by atoms with Gasteiger partial charge in [0.05, 0.1) is 18.5 Å². The lowest BCUT2D eigenvalue weighted by molar-refractivity contribution is 0.109. The maximum atomic E-state index is 11.5. The van der Waals surface area contributed by atoms with E-state index in [2.05, 4.69) is 12.0 Å². The lowest BCUT2D eigenvalue weighted by atomic mass is 10.2. The van der Waals surface area contributed by atoms with Crippen molar-refractivity contribution in [3.63, 3.8) is 0 Å². The molecule has 1 aromatic rings. The van der Waals surface area contributed by atoms with Crippen molar-refractivity contribution in [3.05, 3.63) is 11.9 Å². The van der Waals surface area contributed by atoms with Crippen molar-refractivity contribution in [2.24, 2.45) is 0 Å². The molecule has 1 heterocycles. The smallest absolute Gasteiger partial charge is 0.264 e. The average molecular weight is 309 g/mol. The van der Waals surface area contributed by atoms with Gasteiger partial charge < -0.3 is 4.74 Å². The van der Waals surface area contributed by atoms with Crippen molar-refractivity contribution in [1.29, 1.82) is 0 Å². The van der Waals surface area contributed by atoms with E-state index in [1.807, 2.05) is 13.8 Å². The zero-order valence-electron chi connectivity index (χ0n) is 11.6. The Morgan fingerprint density at radius 2 is 2.16 bits per heavy atom. The normalized spacial score (nSPS) is 13.7. The van der Waals surface area contributed by atoms with Crippen LogP contribution in [0.2, 0.25) is 0 Å². The number of hydrogen-bond donors (Lipinski definition) is 0. The molecule has 0 bridgehead atoms. The second-order valence-electron chi connectivity index (χ2n) is 4.50. The van der Waals surface area contributed by atoms with Gasteiger partial charge in [-0.05, 0) is 19.8 Å². The largest absolute Gasteiger partial charge is 0.375 e. The number of ether oxygens (including phenoxy) is 1. The first kappa shape index (κ1) is 16.5. The molecule has 0 saturated heterocycles. The Kier molecular flexibility index (Phi) is 6.29. The lowest BCUT2D eigenvalue weighted by Gasteiger charge is -2.14. The quantitative estimate of drug-likeness (QED) is 0.547. The van der Waals surface area contributed by atoms with Crippen LogP contribution in [0, 0.1) is 0 Å². The molecule has 0 aromatic carbocycles. The van der Waals surface area contributed by atoms with Gasteiger partial charge in [0, 0.05) is 23.3 Å². The summed E-state index contributed by atoms with van der Waals surface area (Å²) in [5.41, 5.74) is 0.528. The summed E-state index contributed by atoms with van der Waals surface area (Å²) < 4.78 is 30.2. The van der Waals surface area contributed by atoms with Crippen molar-refractivity contribution in [1.82, 2.24) is 9.78 Å². The standard InChI is InChI=1S/C12H21ClN2O3S/c1-4-6-7-18-9-11-12(19(13,16)17)8-14-15(11)10(3)5-2/h8,10H,4-7,9H2,1-3H3/t10-/m0/s1. The van der Waals surface area contributed by atoms with Gasteiger partial charge in [-0.1, -0.05) is 20.3 Å². The highest BCUT2D eigenvalue weighted by atomic mass is 35.7. The summed E-state index contributed by atoms with van der Waals surface area (Å²) >= 11 is 0.